The Balaban J connectivity index is 2.30. The molecular formula is C20H25IN2O3. The van der Waals surface area contributed by atoms with E-state index in [1.165, 1.54) is 0 Å². The number of aromatic nitrogens is 2. The van der Waals surface area contributed by atoms with Crippen molar-refractivity contribution in [1.29, 1.82) is 0 Å². The molecular weight excluding hydrogens is 443 g/mol. The van der Waals surface area contributed by atoms with Crippen LogP contribution in [0.5, 0.6) is 5.88 Å². The van der Waals surface area contributed by atoms with Gasteiger partial charge in [-0.25, -0.2) is 4.68 Å². The maximum Gasteiger partial charge on any atom is 0.315 e. The van der Waals surface area contributed by atoms with Crippen LogP contribution in [0.15, 0.2) is 16.9 Å². The molecule has 0 atom stereocenters. The van der Waals surface area contributed by atoms with Crippen LogP contribution in [0, 0.1) is 16.4 Å². The van der Waals surface area contributed by atoms with E-state index in [1.54, 1.807) is 18.5 Å². The van der Waals surface area contributed by atoms with Crippen molar-refractivity contribution in [3.63, 3.8) is 0 Å². The Kier molecular flexibility index (Phi) is 5.60. The molecule has 0 unspecified atom stereocenters. The number of ether oxygens (including phenoxy) is 1. The third kappa shape index (κ3) is 3.35. The number of rotatable bonds is 4. The molecule has 0 aliphatic carbocycles. The molecule has 3 rings (SSSR count). The van der Waals surface area contributed by atoms with Crippen LogP contribution in [0.1, 0.15) is 44.7 Å². The first-order valence-corrected chi connectivity index (χ1v) is 10.3. The number of aryl methyl sites for hydroxylation is 2. The summed E-state index contributed by atoms with van der Waals surface area (Å²) in [6.45, 7) is 9.08. The molecule has 5 nitrogen and oxygen atoms in total. The fourth-order valence-corrected chi connectivity index (χ4v) is 4.36. The monoisotopic (exact) mass is 468 g/mol. The fraction of sp³-hybridized carbons (Fsp3) is 0.500. The largest absolute Gasteiger partial charge is 0.407 e. The zero-order chi connectivity index (χ0) is 19.0. The van der Waals surface area contributed by atoms with Gasteiger partial charge in [-0.15, -0.1) is 0 Å². The Morgan fingerprint density at radius 1 is 1.19 bits per heavy atom. The van der Waals surface area contributed by atoms with Crippen LogP contribution in [0.3, 0.4) is 0 Å². The minimum atomic E-state index is -0.307. The van der Waals surface area contributed by atoms with E-state index >= 15 is 0 Å². The topological polar surface area (TPSA) is 53.2 Å². The lowest BCUT2D eigenvalue weighted by Crippen LogP contribution is -2.28. The van der Waals surface area contributed by atoms with Crippen LogP contribution in [-0.4, -0.2) is 15.3 Å². The highest BCUT2D eigenvalue weighted by Gasteiger charge is 2.29. The molecule has 0 fully saturated rings. The van der Waals surface area contributed by atoms with Crippen LogP contribution in [0.25, 0.3) is 11.1 Å². The lowest BCUT2D eigenvalue weighted by atomic mass is 9.95. The van der Waals surface area contributed by atoms with Crippen molar-refractivity contribution < 1.29 is 9.53 Å². The number of halogens is 1. The summed E-state index contributed by atoms with van der Waals surface area (Å²) in [4.78, 5) is 25.6. The molecule has 0 amide bonds. The van der Waals surface area contributed by atoms with Gasteiger partial charge in [0.15, 0.2) is 0 Å². The molecule has 1 aliphatic rings. The van der Waals surface area contributed by atoms with Gasteiger partial charge in [0.1, 0.15) is 5.56 Å². The number of fused-ring (bicyclic) bond motifs is 1. The van der Waals surface area contributed by atoms with Crippen LogP contribution in [0.4, 0.5) is 0 Å². The molecule has 2 heterocycles. The lowest BCUT2D eigenvalue weighted by Gasteiger charge is -2.19. The molecule has 26 heavy (non-hydrogen) atoms. The van der Waals surface area contributed by atoms with Crippen molar-refractivity contribution in [2.75, 3.05) is 0 Å². The van der Waals surface area contributed by atoms with Crippen molar-refractivity contribution in [2.45, 2.75) is 60.0 Å². The SMILES string of the molecule is CCc1cc(I)cc(C)c1-c1c(OC(=O)C(C)C)n2n(c1=O)CCCC2. The van der Waals surface area contributed by atoms with Gasteiger partial charge in [0.25, 0.3) is 5.56 Å². The summed E-state index contributed by atoms with van der Waals surface area (Å²) in [5.41, 5.74) is 3.54. The first-order chi connectivity index (χ1) is 12.3. The Labute approximate surface area is 167 Å². The van der Waals surface area contributed by atoms with Gasteiger partial charge >= 0.3 is 5.97 Å². The second-order valence-corrected chi connectivity index (χ2v) is 8.37. The summed E-state index contributed by atoms with van der Waals surface area (Å²) in [5, 5.41) is 0. The normalized spacial score (nSPS) is 13.8. The van der Waals surface area contributed by atoms with E-state index in [1.807, 2.05) is 11.6 Å². The number of nitrogens with zero attached hydrogens (tertiary/aromatic N) is 2. The Bertz CT molecular complexity index is 909. The van der Waals surface area contributed by atoms with E-state index in [2.05, 4.69) is 41.6 Å². The van der Waals surface area contributed by atoms with Gasteiger partial charge in [-0.3, -0.25) is 14.3 Å². The molecule has 0 spiro atoms. The zero-order valence-electron chi connectivity index (χ0n) is 15.8. The molecule has 6 heteroatoms. The molecule has 1 aliphatic heterocycles. The second kappa shape index (κ2) is 7.58. The molecule has 2 aromatic rings. The van der Waals surface area contributed by atoms with E-state index in [9.17, 15) is 9.59 Å². The Morgan fingerprint density at radius 3 is 2.46 bits per heavy atom. The van der Waals surface area contributed by atoms with Gasteiger partial charge in [-0.1, -0.05) is 20.8 Å². The summed E-state index contributed by atoms with van der Waals surface area (Å²) >= 11 is 2.30. The standard InChI is InChI=1S/C20H25IN2O3/c1-5-14-11-15(21)10-13(4)16(14)17-18(24)22-8-6-7-9-23(22)19(17)26-20(25)12(2)3/h10-12H,5-9H2,1-4H3. The summed E-state index contributed by atoms with van der Waals surface area (Å²) in [5.74, 6) is -0.146. The van der Waals surface area contributed by atoms with Gasteiger partial charge in [0.2, 0.25) is 5.88 Å². The van der Waals surface area contributed by atoms with Crippen LogP contribution < -0.4 is 10.3 Å². The second-order valence-electron chi connectivity index (χ2n) is 7.12. The summed E-state index contributed by atoms with van der Waals surface area (Å²) in [6, 6.07) is 4.18. The third-order valence-corrected chi connectivity index (χ3v) is 5.48. The molecule has 1 aromatic carbocycles. The average Bonchev–Trinajstić information content (AvgIpc) is 2.87. The maximum absolute atomic E-state index is 13.2. The van der Waals surface area contributed by atoms with Gasteiger partial charge in [-0.2, -0.15) is 0 Å². The molecule has 0 saturated heterocycles. The summed E-state index contributed by atoms with van der Waals surface area (Å²) in [7, 11) is 0. The summed E-state index contributed by atoms with van der Waals surface area (Å²) in [6.07, 6.45) is 2.76. The van der Waals surface area contributed by atoms with E-state index in [0.29, 0.717) is 24.5 Å². The van der Waals surface area contributed by atoms with E-state index in [0.717, 1.165) is 39.5 Å². The molecule has 0 bridgehead atoms. The van der Waals surface area contributed by atoms with Gasteiger partial charge in [-0.05, 0) is 77.6 Å². The maximum atomic E-state index is 13.2. The molecule has 1 aromatic heterocycles. The number of hydrogen-bond donors (Lipinski definition) is 0. The van der Waals surface area contributed by atoms with Crippen molar-refractivity contribution in [3.05, 3.63) is 37.2 Å². The minimum absolute atomic E-state index is 0.0599. The van der Waals surface area contributed by atoms with Crippen molar-refractivity contribution in [2.24, 2.45) is 5.92 Å². The molecule has 0 N–H and O–H groups in total. The van der Waals surface area contributed by atoms with Crippen LogP contribution in [0.2, 0.25) is 0 Å². The lowest BCUT2D eigenvalue weighted by molar-refractivity contribution is -0.138. The van der Waals surface area contributed by atoms with Gasteiger partial charge in [0.05, 0.1) is 5.92 Å². The first-order valence-electron chi connectivity index (χ1n) is 9.19. The predicted octanol–water partition coefficient (Wildman–Crippen LogP) is 4.15. The fourth-order valence-electron chi connectivity index (χ4n) is 3.52. The predicted molar refractivity (Wildman–Crippen MR) is 111 cm³/mol. The van der Waals surface area contributed by atoms with E-state index in [4.69, 9.17) is 4.74 Å². The quantitative estimate of drug-likeness (QED) is 0.501. The summed E-state index contributed by atoms with van der Waals surface area (Å²) < 4.78 is 10.5. The molecule has 140 valence electrons. The number of benzene rings is 1. The molecule has 0 radical (unpaired) electrons. The van der Waals surface area contributed by atoms with E-state index in [-0.39, 0.29) is 17.4 Å². The van der Waals surface area contributed by atoms with E-state index < -0.39 is 0 Å². The third-order valence-electron chi connectivity index (χ3n) is 4.86. The first kappa shape index (κ1) is 19.2. The Hall–Kier alpha value is -1.57. The van der Waals surface area contributed by atoms with Crippen LogP contribution in [-0.2, 0) is 24.3 Å². The van der Waals surface area contributed by atoms with Crippen molar-refractivity contribution in [1.82, 2.24) is 9.36 Å². The highest BCUT2D eigenvalue weighted by atomic mass is 127. The van der Waals surface area contributed by atoms with Gasteiger partial charge in [0, 0.05) is 16.7 Å². The van der Waals surface area contributed by atoms with Crippen molar-refractivity contribution in [3.8, 4) is 17.0 Å². The van der Waals surface area contributed by atoms with Crippen LogP contribution >= 0.6 is 22.6 Å². The highest BCUT2D eigenvalue weighted by Crippen LogP contribution is 2.36. The number of esters is 1. The van der Waals surface area contributed by atoms with Gasteiger partial charge < -0.3 is 4.74 Å². The number of carbonyl (C=O) groups excluding carboxylic acids is 1. The number of carbonyl (C=O) groups is 1. The average molecular weight is 468 g/mol. The zero-order valence-corrected chi connectivity index (χ0v) is 17.9. The highest BCUT2D eigenvalue weighted by molar-refractivity contribution is 14.1. The Morgan fingerprint density at radius 2 is 1.85 bits per heavy atom. The minimum Gasteiger partial charge on any atom is -0.407 e. The van der Waals surface area contributed by atoms with Crippen molar-refractivity contribution >= 4 is 28.6 Å². The smallest absolute Gasteiger partial charge is 0.315 e. The molecule has 0 saturated carbocycles. The number of hydrogen-bond acceptors (Lipinski definition) is 3.